The summed E-state index contributed by atoms with van der Waals surface area (Å²) in [5, 5.41) is 3.71. The SMILES string of the molecule is NCC1CCCC1NCCC1CCOCC1. The molecule has 0 aromatic rings. The molecule has 0 aromatic carbocycles. The molecule has 0 spiro atoms. The van der Waals surface area contributed by atoms with E-state index in [1.807, 2.05) is 0 Å². The van der Waals surface area contributed by atoms with Gasteiger partial charge >= 0.3 is 0 Å². The molecule has 1 saturated carbocycles. The van der Waals surface area contributed by atoms with Gasteiger partial charge in [-0.1, -0.05) is 6.42 Å². The fourth-order valence-corrected chi connectivity index (χ4v) is 3.10. The van der Waals surface area contributed by atoms with E-state index >= 15 is 0 Å². The van der Waals surface area contributed by atoms with Crippen LogP contribution in [0.5, 0.6) is 0 Å². The molecule has 94 valence electrons. The largest absolute Gasteiger partial charge is 0.381 e. The van der Waals surface area contributed by atoms with Gasteiger partial charge in [-0.15, -0.1) is 0 Å². The zero-order chi connectivity index (χ0) is 11.2. The predicted octanol–water partition coefficient (Wildman–Crippen LogP) is 1.52. The minimum Gasteiger partial charge on any atom is -0.381 e. The van der Waals surface area contributed by atoms with Gasteiger partial charge in [0.05, 0.1) is 0 Å². The summed E-state index contributed by atoms with van der Waals surface area (Å²) < 4.78 is 5.38. The van der Waals surface area contributed by atoms with E-state index < -0.39 is 0 Å². The lowest BCUT2D eigenvalue weighted by Gasteiger charge is -2.24. The summed E-state index contributed by atoms with van der Waals surface area (Å²) in [6.07, 6.45) is 7.84. The second kappa shape index (κ2) is 6.58. The van der Waals surface area contributed by atoms with Crippen molar-refractivity contribution in [3.05, 3.63) is 0 Å². The Morgan fingerprint density at radius 1 is 1.12 bits per heavy atom. The highest BCUT2D eigenvalue weighted by Crippen LogP contribution is 2.25. The molecule has 1 saturated heterocycles. The van der Waals surface area contributed by atoms with Crippen molar-refractivity contribution in [2.24, 2.45) is 17.6 Å². The maximum atomic E-state index is 5.78. The van der Waals surface area contributed by atoms with Gasteiger partial charge < -0.3 is 15.8 Å². The molecule has 2 rings (SSSR count). The van der Waals surface area contributed by atoms with Crippen LogP contribution < -0.4 is 11.1 Å². The Balaban J connectivity index is 1.59. The molecular formula is C13H26N2O. The first-order valence-corrected chi connectivity index (χ1v) is 6.91. The van der Waals surface area contributed by atoms with Crippen molar-refractivity contribution < 1.29 is 4.74 Å². The molecule has 16 heavy (non-hydrogen) atoms. The monoisotopic (exact) mass is 226 g/mol. The highest BCUT2D eigenvalue weighted by atomic mass is 16.5. The first-order valence-electron chi connectivity index (χ1n) is 6.91. The molecule has 0 amide bonds. The topological polar surface area (TPSA) is 47.3 Å². The van der Waals surface area contributed by atoms with E-state index in [4.69, 9.17) is 10.5 Å². The fourth-order valence-electron chi connectivity index (χ4n) is 3.10. The molecule has 2 aliphatic rings. The lowest BCUT2D eigenvalue weighted by molar-refractivity contribution is 0.0636. The van der Waals surface area contributed by atoms with Crippen molar-refractivity contribution in [3.63, 3.8) is 0 Å². The Kier molecular flexibility index (Phi) is 5.07. The van der Waals surface area contributed by atoms with Crippen molar-refractivity contribution in [3.8, 4) is 0 Å². The average Bonchev–Trinajstić information content (AvgIpc) is 2.78. The summed E-state index contributed by atoms with van der Waals surface area (Å²) in [6.45, 7) is 3.97. The molecule has 1 aliphatic heterocycles. The van der Waals surface area contributed by atoms with Crippen LogP contribution in [0.2, 0.25) is 0 Å². The van der Waals surface area contributed by atoms with Crippen molar-refractivity contribution in [2.45, 2.75) is 44.6 Å². The van der Waals surface area contributed by atoms with E-state index in [1.54, 1.807) is 0 Å². The van der Waals surface area contributed by atoms with Crippen LogP contribution >= 0.6 is 0 Å². The summed E-state index contributed by atoms with van der Waals surface area (Å²) in [4.78, 5) is 0. The van der Waals surface area contributed by atoms with Gasteiger partial charge in [-0.05, 0) is 57.0 Å². The number of ether oxygens (including phenoxy) is 1. The zero-order valence-corrected chi connectivity index (χ0v) is 10.3. The summed E-state index contributed by atoms with van der Waals surface area (Å²) in [7, 11) is 0. The second-order valence-electron chi connectivity index (χ2n) is 5.33. The number of hydrogen-bond acceptors (Lipinski definition) is 3. The van der Waals surface area contributed by atoms with E-state index in [0.29, 0.717) is 6.04 Å². The zero-order valence-electron chi connectivity index (χ0n) is 10.3. The number of nitrogens with two attached hydrogens (primary N) is 1. The molecule has 3 N–H and O–H groups in total. The van der Waals surface area contributed by atoms with E-state index in [1.165, 1.54) is 45.1 Å². The smallest absolute Gasteiger partial charge is 0.0468 e. The van der Waals surface area contributed by atoms with Gasteiger partial charge in [0.2, 0.25) is 0 Å². The van der Waals surface area contributed by atoms with E-state index in [0.717, 1.165) is 31.6 Å². The predicted molar refractivity (Wildman–Crippen MR) is 66.3 cm³/mol. The van der Waals surface area contributed by atoms with Crippen LogP contribution in [0.3, 0.4) is 0 Å². The number of nitrogens with one attached hydrogen (secondary N) is 1. The van der Waals surface area contributed by atoms with Crippen LogP contribution in [0, 0.1) is 11.8 Å². The number of rotatable bonds is 5. The Hall–Kier alpha value is -0.120. The first kappa shape index (κ1) is 12.3. The Bertz CT molecular complexity index is 192. The quantitative estimate of drug-likeness (QED) is 0.747. The third kappa shape index (κ3) is 3.44. The molecule has 1 aliphatic carbocycles. The molecule has 3 nitrogen and oxygen atoms in total. The van der Waals surface area contributed by atoms with Gasteiger partial charge in [0.1, 0.15) is 0 Å². The summed E-state index contributed by atoms with van der Waals surface area (Å²) in [5.41, 5.74) is 5.78. The Morgan fingerprint density at radius 3 is 2.69 bits per heavy atom. The van der Waals surface area contributed by atoms with Gasteiger partial charge in [-0.25, -0.2) is 0 Å². The van der Waals surface area contributed by atoms with Gasteiger partial charge in [0, 0.05) is 19.3 Å². The minimum atomic E-state index is 0.699. The Morgan fingerprint density at radius 2 is 1.94 bits per heavy atom. The molecular weight excluding hydrogens is 200 g/mol. The standard InChI is InChI=1S/C13H26N2O/c14-10-12-2-1-3-13(12)15-7-4-11-5-8-16-9-6-11/h11-13,15H,1-10,14H2. The summed E-state index contributed by atoms with van der Waals surface area (Å²) >= 11 is 0. The van der Waals surface area contributed by atoms with Crippen LogP contribution in [0.1, 0.15) is 38.5 Å². The average molecular weight is 226 g/mol. The normalized spacial score (nSPS) is 32.1. The molecule has 2 atom stereocenters. The molecule has 0 radical (unpaired) electrons. The summed E-state index contributed by atoms with van der Waals surface area (Å²) in [6, 6.07) is 0.699. The van der Waals surface area contributed by atoms with Crippen molar-refractivity contribution >= 4 is 0 Å². The van der Waals surface area contributed by atoms with Crippen LogP contribution in [0.25, 0.3) is 0 Å². The van der Waals surface area contributed by atoms with Crippen LogP contribution in [0.15, 0.2) is 0 Å². The third-order valence-corrected chi connectivity index (χ3v) is 4.26. The fraction of sp³-hybridized carbons (Fsp3) is 1.00. The van der Waals surface area contributed by atoms with Gasteiger partial charge in [0.15, 0.2) is 0 Å². The minimum absolute atomic E-state index is 0.699. The van der Waals surface area contributed by atoms with Crippen LogP contribution in [-0.4, -0.2) is 32.3 Å². The first-order chi connectivity index (χ1) is 7.90. The lowest BCUT2D eigenvalue weighted by atomic mass is 9.96. The highest BCUT2D eigenvalue weighted by Gasteiger charge is 2.25. The van der Waals surface area contributed by atoms with E-state index in [-0.39, 0.29) is 0 Å². The number of hydrogen-bond donors (Lipinski definition) is 2. The van der Waals surface area contributed by atoms with E-state index in [9.17, 15) is 0 Å². The molecule has 3 heteroatoms. The van der Waals surface area contributed by atoms with Crippen LogP contribution in [-0.2, 0) is 4.74 Å². The second-order valence-corrected chi connectivity index (χ2v) is 5.33. The van der Waals surface area contributed by atoms with Gasteiger partial charge in [-0.3, -0.25) is 0 Å². The highest BCUT2D eigenvalue weighted by molar-refractivity contribution is 4.83. The lowest BCUT2D eigenvalue weighted by Crippen LogP contribution is -2.37. The van der Waals surface area contributed by atoms with Crippen molar-refractivity contribution in [1.29, 1.82) is 0 Å². The van der Waals surface area contributed by atoms with Crippen LogP contribution in [0.4, 0.5) is 0 Å². The van der Waals surface area contributed by atoms with Gasteiger partial charge in [-0.2, -0.15) is 0 Å². The maximum absolute atomic E-state index is 5.78. The van der Waals surface area contributed by atoms with Gasteiger partial charge in [0.25, 0.3) is 0 Å². The molecule has 2 fully saturated rings. The molecule has 1 heterocycles. The maximum Gasteiger partial charge on any atom is 0.0468 e. The molecule has 0 aromatic heterocycles. The Labute approximate surface area is 99.1 Å². The summed E-state index contributed by atoms with van der Waals surface area (Å²) in [5.74, 6) is 1.62. The molecule has 0 bridgehead atoms. The van der Waals surface area contributed by atoms with Crippen molar-refractivity contribution in [1.82, 2.24) is 5.32 Å². The van der Waals surface area contributed by atoms with Crippen molar-refractivity contribution in [2.75, 3.05) is 26.3 Å². The third-order valence-electron chi connectivity index (χ3n) is 4.26. The molecule has 2 unspecified atom stereocenters. The van der Waals surface area contributed by atoms with E-state index in [2.05, 4.69) is 5.32 Å².